The summed E-state index contributed by atoms with van der Waals surface area (Å²) in [6, 6.07) is 3.24. The first-order valence-electron chi connectivity index (χ1n) is 6.00. The fourth-order valence-electron chi connectivity index (χ4n) is 2.06. The lowest BCUT2D eigenvalue weighted by atomic mass is 10.1. The molecule has 2 heterocycles. The van der Waals surface area contributed by atoms with E-state index in [-0.39, 0.29) is 24.0 Å². The minimum absolute atomic E-state index is 0.0713. The maximum Gasteiger partial charge on any atom is 0.238 e. The van der Waals surface area contributed by atoms with Gasteiger partial charge in [-0.2, -0.15) is 16.7 Å². The summed E-state index contributed by atoms with van der Waals surface area (Å²) in [5.74, 6) is 0.110. The number of rotatable bonds is 3. The highest BCUT2D eigenvalue weighted by molar-refractivity contribution is 8.00. The number of ketones is 1. The number of carbonyl (C=O) groups excluding carboxylic acids is 1. The molecule has 0 bridgehead atoms. The summed E-state index contributed by atoms with van der Waals surface area (Å²) in [4.78, 5) is 15.7. The summed E-state index contributed by atoms with van der Waals surface area (Å²) in [6.07, 6.45) is 0.159. The molecule has 0 saturated carbocycles. The second-order valence-corrected chi connectivity index (χ2v) is 5.57. The first kappa shape index (κ1) is 13.2. The van der Waals surface area contributed by atoms with Crippen LogP contribution >= 0.6 is 11.8 Å². The topological polar surface area (TPSA) is 56.0 Å². The molecule has 3 rings (SSSR count). The van der Waals surface area contributed by atoms with E-state index in [9.17, 15) is 13.6 Å². The van der Waals surface area contributed by atoms with Gasteiger partial charge in [-0.05, 0) is 17.7 Å². The van der Waals surface area contributed by atoms with Crippen LogP contribution in [0.5, 0.6) is 0 Å². The van der Waals surface area contributed by atoms with Crippen molar-refractivity contribution in [3.05, 3.63) is 47.1 Å². The van der Waals surface area contributed by atoms with E-state index >= 15 is 0 Å². The van der Waals surface area contributed by atoms with Crippen LogP contribution in [-0.4, -0.2) is 27.4 Å². The highest BCUT2D eigenvalue weighted by atomic mass is 32.2. The average molecular weight is 296 g/mol. The summed E-state index contributed by atoms with van der Waals surface area (Å²) < 4.78 is 31.2. The molecule has 1 aliphatic heterocycles. The molecule has 4 nitrogen and oxygen atoms in total. The van der Waals surface area contributed by atoms with Crippen molar-refractivity contribution in [2.24, 2.45) is 0 Å². The predicted octanol–water partition coefficient (Wildman–Crippen LogP) is 2.34. The number of nitrogens with zero attached hydrogens (tertiary/aromatic N) is 2. The highest BCUT2D eigenvalue weighted by Crippen LogP contribution is 2.28. The second kappa shape index (κ2) is 5.32. The maximum absolute atomic E-state index is 13.1. The van der Waals surface area contributed by atoms with Crippen molar-refractivity contribution in [2.75, 3.05) is 11.5 Å². The van der Waals surface area contributed by atoms with Gasteiger partial charge in [0.15, 0.2) is 11.6 Å². The van der Waals surface area contributed by atoms with Crippen molar-refractivity contribution in [3.8, 4) is 0 Å². The van der Waals surface area contributed by atoms with Gasteiger partial charge in [0, 0.05) is 18.2 Å². The Balaban J connectivity index is 1.78. The Kier molecular flexibility index (Phi) is 3.52. The molecule has 1 fully saturated rings. The van der Waals surface area contributed by atoms with Gasteiger partial charge in [-0.25, -0.2) is 8.78 Å². The van der Waals surface area contributed by atoms with Crippen LogP contribution in [0, 0.1) is 11.6 Å². The molecule has 1 aromatic heterocycles. The molecule has 1 unspecified atom stereocenters. The van der Waals surface area contributed by atoms with E-state index in [1.54, 1.807) is 0 Å². The molecule has 0 N–H and O–H groups in total. The number of aromatic nitrogens is 2. The summed E-state index contributed by atoms with van der Waals surface area (Å²) in [6.45, 7) is 0. The second-order valence-electron chi connectivity index (χ2n) is 4.54. The van der Waals surface area contributed by atoms with Gasteiger partial charge >= 0.3 is 0 Å². The zero-order valence-electron chi connectivity index (χ0n) is 10.3. The van der Waals surface area contributed by atoms with Gasteiger partial charge in [-0.3, -0.25) is 4.79 Å². The molecule has 1 atom stereocenters. The Morgan fingerprint density at radius 2 is 2.05 bits per heavy atom. The fourth-order valence-corrected chi connectivity index (χ4v) is 3.14. The summed E-state index contributed by atoms with van der Waals surface area (Å²) in [5, 5.41) is 3.76. The van der Waals surface area contributed by atoms with E-state index in [4.69, 9.17) is 4.52 Å². The van der Waals surface area contributed by atoms with Gasteiger partial charge in [0.25, 0.3) is 0 Å². The van der Waals surface area contributed by atoms with E-state index in [0.29, 0.717) is 22.9 Å². The first-order chi connectivity index (χ1) is 9.61. The normalized spacial score (nSPS) is 18.7. The minimum atomic E-state index is -0.647. The number of Topliss-reactive ketones (excluding diaryl/α,β-unsaturated/α-hetero) is 1. The Morgan fingerprint density at radius 1 is 1.30 bits per heavy atom. The van der Waals surface area contributed by atoms with Gasteiger partial charge in [0.05, 0.1) is 5.75 Å². The SMILES string of the molecule is O=C1CSCC1c1nc(Cc2cc(F)cc(F)c2)no1. The largest absolute Gasteiger partial charge is 0.339 e. The summed E-state index contributed by atoms with van der Waals surface area (Å²) in [5.41, 5.74) is 0.418. The van der Waals surface area contributed by atoms with Crippen molar-refractivity contribution in [2.45, 2.75) is 12.3 Å². The van der Waals surface area contributed by atoms with E-state index < -0.39 is 11.6 Å². The maximum atomic E-state index is 13.1. The fraction of sp³-hybridized carbons (Fsp3) is 0.308. The van der Waals surface area contributed by atoms with Crippen molar-refractivity contribution < 1.29 is 18.1 Å². The zero-order valence-corrected chi connectivity index (χ0v) is 11.1. The van der Waals surface area contributed by atoms with Gasteiger partial charge in [0.1, 0.15) is 17.6 Å². The Hall–Kier alpha value is -1.76. The average Bonchev–Trinajstić information content (AvgIpc) is 2.96. The smallest absolute Gasteiger partial charge is 0.238 e. The molecule has 104 valence electrons. The summed E-state index contributed by atoms with van der Waals surface area (Å²) >= 11 is 1.53. The van der Waals surface area contributed by atoms with E-state index in [0.717, 1.165) is 6.07 Å². The van der Waals surface area contributed by atoms with Crippen molar-refractivity contribution >= 4 is 17.5 Å². The summed E-state index contributed by atoms with van der Waals surface area (Å²) in [7, 11) is 0. The van der Waals surface area contributed by atoms with E-state index in [1.807, 2.05) is 0 Å². The zero-order chi connectivity index (χ0) is 14.1. The van der Waals surface area contributed by atoms with Crippen LogP contribution in [0.1, 0.15) is 23.2 Å². The lowest BCUT2D eigenvalue weighted by Crippen LogP contribution is -2.09. The van der Waals surface area contributed by atoms with Crippen molar-refractivity contribution in [1.82, 2.24) is 10.1 Å². The molecule has 1 saturated heterocycles. The molecule has 0 amide bonds. The number of hydrogen-bond donors (Lipinski definition) is 0. The molecule has 2 aromatic rings. The Labute approximate surface area is 117 Å². The van der Waals surface area contributed by atoms with Crippen LogP contribution in [0.15, 0.2) is 22.7 Å². The molecule has 7 heteroatoms. The quantitative estimate of drug-likeness (QED) is 0.870. The van der Waals surface area contributed by atoms with Gasteiger partial charge < -0.3 is 4.52 Å². The number of carbonyl (C=O) groups is 1. The van der Waals surface area contributed by atoms with Crippen molar-refractivity contribution in [1.29, 1.82) is 0 Å². The van der Waals surface area contributed by atoms with Crippen LogP contribution in [0.25, 0.3) is 0 Å². The molecule has 20 heavy (non-hydrogen) atoms. The molecule has 0 radical (unpaired) electrons. The van der Waals surface area contributed by atoms with Crippen LogP contribution in [0.3, 0.4) is 0 Å². The third-order valence-electron chi connectivity index (χ3n) is 2.98. The monoisotopic (exact) mass is 296 g/mol. The molecule has 1 aromatic carbocycles. The van der Waals surface area contributed by atoms with Gasteiger partial charge in [0.2, 0.25) is 5.89 Å². The third kappa shape index (κ3) is 2.72. The van der Waals surface area contributed by atoms with Crippen LogP contribution in [0.4, 0.5) is 8.78 Å². The number of thioether (sulfide) groups is 1. The lowest BCUT2D eigenvalue weighted by molar-refractivity contribution is -0.117. The van der Waals surface area contributed by atoms with Crippen LogP contribution in [0.2, 0.25) is 0 Å². The van der Waals surface area contributed by atoms with Gasteiger partial charge in [-0.15, -0.1) is 0 Å². The van der Waals surface area contributed by atoms with Crippen molar-refractivity contribution in [3.63, 3.8) is 0 Å². The lowest BCUT2D eigenvalue weighted by Gasteiger charge is -1.99. The Morgan fingerprint density at radius 3 is 2.70 bits per heavy atom. The highest BCUT2D eigenvalue weighted by Gasteiger charge is 2.31. The minimum Gasteiger partial charge on any atom is -0.339 e. The number of benzene rings is 1. The molecular weight excluding hydrogens is 286 g/mol. The van der Waals surface area contributed by atoms with E-state index in [1.165, 1.54) is 23.9 Å². The van der Waals surface area contributed by atoms with Crippen LogP contribution < -0.4 is 0 Å². The first-order valence-corrected chi connectivity index (χ1v) is 7.15. The third-order valence-corrected chi connectivity index (χ3v) is 4.04. The van der Waals surface area contributed by atoms with E-state index in [2.05, 4.69) is 10.1 Å². The number of halogens is 2. The van der Waals surface area contributed by atoms with Crippen LogP contribution in [-0.2, 0) is 11.2 Å². The standard InChI is InChI=1S/C13H10F2N2O2S/c14-8-1-7(2-9(15)4-8)3-12-16-13(19-17-12)10-5-20-6-11(10)18/h1-2,4,10H,3,5-6H2. The van der Waals surface area contributed by atoms with Gasteiger partial charge in [-0.1, -0.05) is 5.16 Å². The molecular formula is C13H10F2N2O2S. The predicted molar refractivity (Wildman–Crippen MR) is 68.5 cm³/mol. The Bertz CT molecular complexity index is 639. The number of hydrogen-bond acceptors (Lipinski definition) is 5. The molecule has 0 aliphatic carbocycles. The molecule has 1 aliphatic rings. The molecule has 0 spiro atoms.